The third-order valence-electron chi connectivity index (χ3n) is 4.44. The van der Waals surface area contributed by atoms with Crippen LogP contribution in [0.4, 0.5) is 0 Å². The van der Waals surface area contributed by atoms with E-state index in [1.54, 1.807) is 4.90 Å². The van der Waals surface area contributed by atoms with Gasteiger partial charge < -0.3 is 14.7 Å². The summed E-state index contributed by atoms with van der Waals surface area (Å²) in [5.74, 6) is 0.0804. The normalized spacial score (nSPS) is 40.7. The minimum Gasteiger partial charge on any atom is -0.479 e. The van der Waals surface area contributed by atoms with Crippen LogP contribution < -0.4 is 0 Å². The number of carbonyl (C=O) groups excluding carboxylic acids is 1. The highest BCUT2D eigenvalue weighted by atomic mass is 16.5. The van der Waals surface area contributed by atoms with E-state index in [0.29, 0.717) is 18.4 Å². The summed E-state index contributed by atoms with van der Waals surface area (Å²) in [6.07, 6.45) is 5.25. The minimum atomic E-state index is -0.989. The molecule has 0 radical (unpaired) electrons. The minimum absolute atomic E-state index is 0.0507. The van der Waals surface area contributed by atoms with E-state index in [0.717, 1.165) is 12.8 Å². The van der Waals surface area contributed by atoms with Crippen LogP contribution in [-0.2, 0) is 14.3 Å². The monoisotopic (exact) mass is 265 g/mol. The lowest BCUT2D eigenvalue weighted by Crippen LogP contribution is -2.53. The van der Waals surface area contributed by atoms with E-state index < -0.39 is 12.1 Å². The molecule has 5 nitrogen and oxygen atoms in total. The molecule has 104 valence electrons. The Morgan fingerprint density at radius 2 is 2.05 bits per heavy atom. The molecular weight excluding hydrogens is 246 g/mol. The molecule has 2 aliphatic carbocycles. The molecule has 2 fully saturated rings. The molecule has 1 N–H and O–H groups in total. The average Bonchev–Trinajstić information content (AvgIpc) is 2.99. The Balaban J connectivity index is 1.69. The summed E-state index contributed by atoms with van der Waals surface area (Å²) >= 11 is 0. The number of hydrogen-bond acceptors (Lipinski definition) is 3. The molecule has 1 amide bonds. The van der Waals surface area contributed by atoms with Crippen molar-refractivity contribution in [3.8, 4) is 0 Å². The van der Waals surface area contributed by atoms with E-state index >= 15 is 0 Å². The van der Waals surface area contributed by atoms with Crippen molar-refractivity contribution in [2.75, 3.05) is 13.1 Å². The SMILES string of the molecule is C[C@@H]1CN(C(=O)C2CC3C=CC2C3)CC(C(=O)O)O1. The third kappa shape index (κ3) is 2.27. The number of hydrogen-bond donors (Lipinski definition) is 1. The van der Waals surface area contributed by atoms with Gasteiger partial charge in [0, 0.05) is 12.5 Å². The number of rotatable bonds is 2. The maximum absolute atomic E-state index is 12.5. The van der Waals surface area contributed by atoms with Crippen LogP contribution >= 0.6 is 0 Å². The molecule has 2 bridgehead atoms. The van der Waals surface area contributed by atoms with Crippen LogP contribution in [-0.4, -0.2) is 47.2 Å². The van der Waals surface area contributed by atoms with Gasteiger partial charge in [0.1, 0.15) is 0 Å². The van der Waals surface area contributed by atoms with E-state index in [1.807, 2.05) is 6.92 Å². The van der Waals surface area contributed by atoms with Crippen molar-refractivity contribution in [1.82, 2.24) is 4.90 Å². The molecule has 1 saturated carbocycles. The fraction of sp³-hybridized carbons (Fsp3) is 0.714. The average molecular weight is 265 g/mol. The molecule has 19 heavy (non-hydrogen) atoms. The molecule has 0 spiro atoms. The Morgan fingerprint density at radius 1 is 1.26 bits per heavy atom. The number of nitrogens with zero attached hydrogens (tertiary/aromatic N) is 1. The zero-order chi connectivity index (χ0) is 13.6. The molecule has 0 aromatic heterocycles. The van der Waals surface area contributed by atoms with Gasteiger partial charge in [0.25, 0.3) is 0 Å². The number of fused-ring (bicyclic) bond motifs is 2. The standard InChI is InChI=1S/C14H19NO4/c1-8-6-15(7-12(19-8)14(17)18)13(16)11-5-9-2-3-10(11)4-9/h2-3,8-12H,4-7H2,1H3,(H,17,18)/t8-,9?,10?,11?,12?/m1/s1. The second kappa shape index (κ2) is 4.63. The van der Waals surface area contributed by atoms with Crippen molar-refractivity contribution in [3.63, 3.8) is 0 Å². The highest BCUT2D eigenvalue weighted by Crippen LogP contribution is 2.44. The van der Waals surface area contributed by atoms with Crippen molar-refractivity contribution in [1.29, 1.82) is 0 Å². The highest BCUT2D eigenvalue weighted by molar-refractivity contribution is 5.81. The lowest BCUT2D eigenvalue weighted by Gasteiger charge is -2.37. The number of ether oxygens (including phenoxy) is 1. The molecule has 4 unspecified atom stereocenters. The van der Waals surface area contributed by atoms with E-state index in [-0.39, 0.29) is 24.5 Å². The number of carboxylic acid groups (broad SMARTS) is 1. The first kappa shape index (κ1) is 12.7. The number of carbonyl (C=O) groups is 2. The Morgan fingerprint density at radius 3 is 2.63 bits per heavy atom. The molecule has 1 heterocycles. The molecule has 0 aromatic carbocycles. The maximum atomic E-state index is 12.5. The number of amides is 1. The lowest BCUT2D eigenvalue weighted by molar-refractivity contribution is -0.168. The van der Waals surface area contributed by atoms with E-state index in [2.05, 4.69) is 12.2 Å². The maximum Gasteiger partial charge on any atom is 0.334 e. The van der Waals surface area contributed by atoms with Gasteiger partial charge in [-0.05, 0) is 31.6 Å². The van der Waals surface area contributed by atoms with Crippen LogP contribution in [0.3, 0.4) is 0 Å². The summed E-state index contributed by atoms with van der Waals surface area (Å²) in [5.41, 5.74) is 0. The van der Waals surface area contributed by atoms with E-state index in [9.17, 15) is 9.59 Å². The van der Waals surface area contributed by atoms with Crippen molar-refractivity contribution >= 4 is 11.9 Å². The third-order valence-corrected chi connectivity index (χ3v) is 4.44. The molecular formula is C14H19NO4. The zero-order valence-electron chi connectivity index (χ0n) is 11.0. The van der Waals surface area contributed by atoms with Crippen LogP contribution in [0.5, 0.6) is 0 Å². The van der Waals surface area contributed by atoms with Gasteiger partial charge in [-0.3, -0.25) is 4.79 Å². The summed E-state index contributed by atoms with van der Waals surface area (Å²) in [6.45, 7) is 2.49. The molecule has 5 heteroatoms. The lowest BCUT2D eigenvalue weighted by atomic mass is 9.92. The number of allylic oxidation sites excluding steroid dienone is 2. The molecule has 3 rings (SSSR count). The van der Waals surface area contributed by atoms with E-state index in [4.69, 9.17) is 9.84 Å². The Bertz CT molecular complexity index is 433. The summed E-state index contributed by atoms with van der Waals surface area (Å²) in [7, 11) is 0. The molecule has 3 aliphatic rings. The van der Waals surface area contributed by atoms with Gasteiger partial charge in [-0.1, -0.05) is 12.2 Å². The van der Waals surface area contributed by atoms with Gasteiger partial charge in [-0.15, -0.1) is 0 Å². The Labute approximate surface area is 112 Å². The second-order valence-electron chi connectivity index (χ2n) is 5.90. The zero-order valence-corrected chi connectivity index (χ0v) is 11.0. The number of carboxylic acids is 1. The van der Waals surface area contributed by atoms with E-state index in [1.165, 1.54) is 0 Å². The first-order valence-electron chi connectivity index (χ1n) is 6.90. The summed E-state index contributed by atoms with van der Waals surface area (Å²) < 4.78 is 5.35. The second-order valence-corrected chi connectivity index (χ2v) is 5.90. The fourth-order valence-electron chi connectivity index (χ4n) is 3.57. The van der Waals surface area contributed by atoms with Crippen LogP contribution in [0, 0.1) is 17.8 Å². The summed E-state index contributed by atoms with van der Waals surface area (Å²) in [6, 6.07) is 0. The topological polar surface area (TPSA) is 66.8 Å². The summed E-state index contributed by atoms with van der Waals surface area (Å²) in [5, 5.41) is 9.05. The fourth-order valence-corrected chi connectivity index (χ4v) is 3.57. The first-order chi connectivity index (χ1) is 9.04. The van der Waals surface area contributed by atoms with Crippen LogP contribution in [0.25, 0.3) is 0 Å². The van der Waals surface area contributed by atoms with Crippen LogP contribution in [0.2, 0.25) is 0 Å². The molecule has 1 aliphatic heterocycles. The van der Waals surface area contributed by atoms with Crippen molar-refractivity contribution in [2.45, 2.75) is 32.0 Å². The quantitative estimate of drug-likeness (QED) is 0.753. The van der Waals surface area contributed by atoms with Gasteiger partial charge in [-0.25, -0.2) is 4.79 Å². The first-order valence-corrected chi connectivity index (χ1v) is 6.90. The largest absolute Gasteiger partial charge is 0.479 e. The van der Waals surface area contributed by atoms with Gasteiger partial charge in [-0.2, -0.15) is 0 Å². The van der Waals surface area contributed by atoms with Gasteiger partial charge in [0.15, 0.2) is 6.10 Å². The smallest absolute Gasteiger partial charge is 0.334 e. The molecule has 1 saturated heterocycles. The summed E-state index contributed by atoms with van der Waals surface area (Å²) in [4.78, 5) is 25.3. The molecule has 5 atom stereocenters. The van der Waals surface area contributed by atoms with Crippen LogP contribution in [0.1, 0.15) is 19.8 Å². The number of aliphatic carboxylic acids is 1. The van der Waals surface area contributed by atoms with Crippen LogP contribution in [0.15, 0.2) is 12.2 Å². The van der Waals surface area contributed by atoms with Gasteiger partial charge in [0.05, 0.1) is 12.6 Å². The van der Waals surface area contributed by atoms with Crippen molar-refractivity contribution in [2.24, 2.45) is 17.8 Å². The highest BCUT2D eigenvalue weighted by Gasteiger charge is 2.43. The van der Waals surface area contributed by atoms with Crippen molar-refractivity contribution < 1.29 is 19.4 Å². The predicted molar refractivity (Wildman–Crippen MR) is 67.4 cm³/mol. The Hall–Kier alpha value is -1.36. The Kier molecular flexibility index (Phi) is 3.09. The number of morpholine rings is 1. The van der Waals surface area contributed by atoms with Gasteiger partial charge >= 0.3 is 5.97 Å². The van der Waals surface area contributed by atoms with Gasteiger partial charge in [0.2, 0.25) is 5.91 Å². The van der Waals surface area contributed by atoms with Crippen molar-refractivity contribution in [3.05, 3.63) is 12.2 Å². The molecule has 0 aromatic rings. The predicted octanol–water partition coefficient (Wildman–Crippen LogP) is 0.899.